The number of carbonyl (C=O) groups is 1. The van der Waals surface area contributed by atoms with Crippen molar-refractivity contribution in [2.24, 2.45) is 5.92 Å². The number of hydrogen-bond donors (Lipinski definition) is 3. The Bertz CT molecular complexity index is 987. The lowest BCUT2D eigenvalue weighted by Crippen LogP contribution is -2.54. The van der Waals surface area contributed by atoms with Gasteiger partial charge in [-0.05, 0) is 44.1 Å². The van der Waals surface area contributed by atoms with Gasteiger partial charge in [-0.3, -0.25) is 9.80 Å². The Morgan fingerprint density at radius 2 is 2.13 bits per heavy atom. The smallest absolute Gasteiger partial charge is 0.257 e. The van der Waals surface area contributed by atoms with Crippen molar-refractivity contribution in [1.29, 1.82) is 0 Å². The number of halogens is 1. The predicted octanol–water partition coefficient (Wildman–Crippen LogP) is 1.64. The number of hydrazine groups is 1. The van der Waals surface area contributed by atoms with E-state index in [-0.39, 0.29) is 18.0 Å². The van der Waals surface area contributed by atoms with Crippen molar-refractivity contribution < 1.29 is 14.1 Å². The fourth-order valence-electron chi connectivity index (χ4n) is 4.36. The van der Waals surface area contributed by atoms with Crippen molar-refractivity contribution >= 4 is 17.5 Å². The van der Waals surface area contributed by atoms with Gasteiger partial charge in [0.05, 0.1) is 18.1 Å². The van der Waals surface area contributed by atoms with Crippen molar-refractivity contribution in [3.63, 3.8) is 0 Å². The summed E-state index contributed by atoms with van der Waals surface area (Å²) >= 11 is 6.22. The van der Waals surface area contributed by atoms with Crippen LogP contribution in [0.15, 0.2) is 34.5 Å². The van der Waals surface area contributed by atoms with Gasteiger partial charge in [-0.1, -0.05) is 16.8 Å². The lowest BCUT2D eigenvalue weighted by Gasteiger charge is -2.38. The Hall–Kier alpha value is -2.62. The van der Waals surface area contributed by atoms with Crippen LogP contribution in [0.1, 0.15) is 24.6 Å². The average molecular weight is 431 g/mol. The molecule has 4 heterocycles. The standard InChI is InChI=1S/C20H23ClN6O3/c1-29-16-3-2-12(8-14(16)21)20-25-18(26-30-20)13-10-23-27-15(9-17(28)24-19(13)27)11-4-6-22-7-5-11/h2-3,8-9,11,13,19,22-23H,4-7,10H2,1H3,(H,24,28). The van der Waals surface area contributed by atoms with Crippen molar-refractivity contribution in [1.82, 2.24) is 31.2 Å². The highest BCUT2D eigenvalue weighted by molar-refractivity contribution is 6.32. The van der Waals surface area contributed by atoms with Crippen LogP contribution in [0.3, 0.4) is 0 Å². The Morgan fingerprint density at radius 3 is 2.90 bits per heavy atom. The van der Waals surface area contributed by atoms with Gasteiger partial charge in [-0.2, -0.15) is 4.98 Å². The monoisotopic (exact) mass is 430 g/mol. The first-order chi connectivity index (χ1) is 14.6. The predicted molar refractivity (Wildman–Crippen MR) is 109 cm³/mol. The summed E-state index contributed by atoms with van der Waals surface area (Å²) in [5.41, 5.74) is 5.17. The summed E-state index contributed by atoms with van der Waals surface area (Å²) in [4.78, 5) is 17.0. The first kappa shape index (κ1) is 19.3. The van der Waals surface area contributed by atoms with Gasteiger partial charge in [-0.25, -0.2) is 5.43 Å². The van der Waals surface area contributed by atoms with E-state index in [1.54, 1.807) is 25.3 Å². The summed E-state index contributed by atoms with van der Waals surface area (Å²) in [5, 5.41) is 13.2. The molecule has 0 saturated carbocycles. The Labute approximate surface area is 178 Å². The third kappa shape index (κ3) is 3.42. The second-order valence-electron chi connectivity index (χ2n) is 7.69. The van der Waals surface area contributed by atoms with E-state index in [2.05, 4.69) is 31.2 Å². The molecule has 2 aromatic rings. The number of allylic oxidation sites excluding steroid dienone is 1. The highest BCUT2D eigenvalue weighted by atomic mass is 35.5. The zero-order valence-electron chi connectivity index (χ0n) is 16.5. The van der Waals surface area contributed by atoms with Gasteiger partial charge in [0.2, 0.25) is 5.91 Å². The van der Waals surface area contributed by atoms with Gasteiger partial charge < -0.3 is 19.9 Å². The molecule has 2 unspecified atom stereocenters. The molecule has 3 N–H and O–H groups in total. The van der Waals surface area contributed by atoms with Crippen LogP contribution in [0.4, 0.5) is 0 Å². The van der Waals surface area contributed by atoms with E-state index < -0.39 is 0 Å². The maximum Gasteiger partial charge on any atom is 0.257 e. The van der Waals surface area contributed by atoms with Crippen LogP contribution in [0.2, 0.25) is 5.02 Å². The fraction of sp³-hybridized carbons (Fsp3) is 0.450. The van der Waals surface area contributed by atoms with E-state index in [1.807, 2.05) is 6.07 Å². The SMILES string of the molecule is COc1ccc(-c2nc(C3CNN4C(C5CCNCC5)=CC(=O)NC34)no2)cc1Cl. The van der Waals surface area contributed by atoms with E-state index in [0.717, 1.165) is 31.6 Å². The number of piperidine rings is 1. The second-order valence-corrected chi connectivity index (χ2v) is 8.10. The van der Waals surface area contributed by atoms with E-state index >= 15 is 0 Å². The van der Waals surface area contributed by atoms with Crippen molar-refractivity contribution in [2.45, 2.75) is 24.9 Å². The second kappa shape index (κ2) is 7.90. The minimum Gasteiger partial charge on any atom is -0.495 e. The van der Waals surface area contributed by atoms with Crippen LogP contribution in [0.25, 0.3) is 11.5 Å². The number of benzene rings is 1. The number of methoxy groups -OCH3 is 1. The molecule has 2 atom stereocenters. The summed E-state index contributed by atoms with van der Waals surface area (Å²) in [6.07, 6.45) is 3.49. The van der Waals surface area contributed by atoms with Gasteiger partial charge in [0.1, 0.15) is 11.9 Å². The van der Waals surface area contributed by atoms with Crippen molar-refractivity contribution in [3.05, 3.63) is 40.8 Å². The van der Waals surface area contributed by atoms with Gasteiger partial charge >= 0.3 is 0 Å². The topological polar surface area (TPSA) is 105 Å². The summed E-state index contributed by atoms with van der Waals surface area (Å²) in [5.74, 6) is 1.65. The molecule has 2 saturated heterocycles. The van der Waals surface area contributed by atoms with Crippen LogP contribution in [0, 0.1) is 5.92 Å². The number of fused-ring (bicyclic) bond motifs is 1. The first-order valence-electron chi connectivity index (χ1n) is 10.1. The van der Waals surface area contributed by atoms with Crippen LogP contribution in [-0.2, 0) is 4.79 Å². The van der Waals surface area contributed by atoms with E-state index in [9.17, 15) is 4.79 Å². The number of nitrogens with one attached hydrogen (secondary N) is 3. The highest BCUT2D eigenvalue weighted by Gasteiger charge is 2.43. The first-order valence-corrected chi connectivity index (χ1v) is 10.4. The number of carbonyl (C=O) groups excluding carboxylic acids is 1. The summed E-state index contributed by atoms with van der Waals surface area (Å²) < 4.78 is 10.7. The normalized spacial score (nSPS) is 24.4. The molecule has 1 amide bonds. The quantitative estimate of drug-likeness (QED) is 0.672. The number of aromatic nitrogens is 2. The molecule has 158 valence electrons. The van der Waals surface area contributed by atoms with Crippen LogP contribution in [-0.4, -0.2) is 54.0 Å². The Kier molecular flexibility index (Phi) is 5.10. The lowest BCUT2D eigenvalue weighted by molar-refractivity contribution is -0.119. The molecule has 0 aliphatic carbocycles. The highest BCUT2D eigenvalue weighted by Crippen LogP contribution is 2.35. The third-order valence-corrected chi connectivity index (χ3v) is 6.21. The third-order valence-electron chi connectivity index (χ3n) is 5.92. The minimum absolute atomic E-state index is 0.0795. The van der Waals surface area contributed by atoms with Crippen LogP contribution < -0.4 is 20.8 Å². The molecule has 3 aliphatic rings. The molecule has 2 fully saturated rings. The molecular formula is C20H23ClN6O3. The number of hydrogen-bond acceptors (Lipinski definition) is 8. The van der Waals surface area contributed by atoms with Crippen molar-refractivity contribution in [3.8, 4) is 17.2 Å². The number of amides is 1. The van der Waals surface area contributed by atoms with Gasteiger partial charge in [0, 0.05) is 29.8 Å². The van der Waals surface area contributed by atoms with E-state index in [0.29, 0.717) is 40.5 Å². The molecular weight excluding hydrogens is 408 g/mol. The summed E-state index contributed by atoms with van der Waals surface area (Å²) in [6, 6.07) is 5.32. The van der Waals surface area contributed by atoms with Gasteiger partial charge in [-0.15, -0.1) is 0 Å². The number of rotatable bonds is 4. The molecule has 5 rings (SSSR count). The molecule has 1 aromatic carbocycles. The molecule has 0 radical (unpaired) electrons. The van der Waals surface area contributed by atoms with Gasteiger partial charge in [0.25, 0.3) is 5.89 Å². The minimum atomic E-state index is -0.253. The van der Waals surface area contributed by atoms with Gasteiger partial charge in [0.15, 0.2) is 5.82 Å². The van der Waals surface area contributed by atoms with Crippen LogP contribution in [0.5, 0.6) is 5.75 Å². The maximum absolute atomic E-state index is 12.4. The molecule has 9 nitrogen and oxygen atoms in total. The summed E-state index contributed by atoms with van der Waals surface area (Å²) in [6.45, 7) is 2.53. The van der Waals surface area contributed by atoms with E-state index in [4.69, 9.17) is 20.9 Å². The van der Waals surface area contributed by atoms with Crippen molar-refractivity contribution in [2.75, 3.05) is 26.7 Å². The Morgan fingerprint density at radius 1 is 1.30 bits per heavy atom. The van der Waals surface area contributed by atoms with E-state index in [1.165, 1.54) is 0 Å². The summed E-state index contributed by atoms with van der Waals surface area (Å²) in [7, 11) is 1.57. The van der Waals surface area contributed by atoms with Crippen LogP contribution >= 0.6 is 11.6 Å². The maximum atomic E-state index is 12.4. The molecule has 10 heteroatoms. The zero-order valence-corrected chi connectivity index (χ0v) is 17.3. The fourth-order valence-corrected chi connectivity index (χ4v) is 4.62. The zero-order chi connectivity index (χ0) is 20.7. The number of ether oxygens (including phenoxy) is 1. The molecule has 0 bridgehead atoms. The largest absolute Gasteiger partial charge is 0.495 e. The average Bonchev–Trinajstić information content (AvgIpc) is 3.41. The lowest BCUT2D eigenvalue weighted by atomic mass is 9.92. The Balaban J connectivity index is 1.38. The molecule has 0 spiro atoms. The molecule has 1 aromatic heterocycles. The molecule has 30 heavy (non-hydrogen) atoms. The molecule has 3 aliphatic heterocycles. The number of nitrogens with zero attached hydrogens (tertiary/aromatic N) is 3.